The second-order valence-corrected chi connectivity index (χ2v) is 4.15. The molecule has 0 bridgehead atoms. The van der Waals surface area contributed by atoms with Crippen LogP contribution in [0.4, 0.5) is 0 Å². The Hall–Kier alpha value is -0.795. The van der Waals surface area contributed by atoms with Crippen molar-refractivity contribution in [3.63, 3.8) is 0 Å². The van der Waals surface area contributed by atoms with Gasteiger partial charge in [-0.1, -0.05) is 29.7 Å². The lowest BCUT2D eigenvalue weighted by Crippen LogP contribution is -2.39. The van der Waals surface area contributed by atoms with E-state index in [-0.39, 0.29) is 0 Å². The predicted octanol–water partition coefficient (Wildman–Crippen LogP) is -0.484. The maximum atomic E-state index is 10.4. The molecule has 0 aromatic heterocycles. The van der Waals surface area contributed by atoms with Crippen LogP contribution in [0.25, 0.3) is 0 Å². The van der Waals surface area contributed by atoms with Crippen molar-refractivity contribution in [2.45, 2.75) is 18.4 Å². The summed E-state index contributed by atoms with van der Waals surface area (Å²) in [6.45, 7) is 1.81. The molecule has 3 heteroatoms. The first-order chi connectivity index (χ1) is 6.71. The Morgan fingerprint density at radius 3 is 2.29 bits per heavy atom. The molecule has 0 atom stereocenters. The summed E-state index contributed by atoms with van der Waals surface area (Å²) < 4.78 is 0. The van der Waals surface area contributed by atoms with Gasteiger partial charge in [0, 0.05) is 0 Å². The fourth-order valence-corrected chi connectivity index (χ4v) is 1.99. The Morgan fingerprint density at radius 1 is 1.14 bits per heavy atom. The third kappa shape index (κ3) is 1.84. The summed E-state index contributed by atoms with van der Waals surface area (Å²) in [4.78, 5) is 0. The summed E-state index contributed by atoms with van der Waals surface area (Å²) in [5, 5.41) is 13.7. The molecule has 0 saturated carbocycles. The minimum Gasteiger partial charge on any atom is -0.385 e. The van der Waals surface area contributed by atoms with E-state index in [0.717, 1.165) is 31.5 Å². The maximum absolute atomic E-state index is 10.4. The van der Waals surface area contributed by atoms with E-state index in [0.29, 0.717) is 0 Å². The number of piperidine rings is 1. The molecule has 0 radical (unpaired) electrons. The smallest absolute Gasteiger partial charge is 0.139 e. The van der Waals surface area contributed by atoms with E-state index in [1.807, 2.05) is 12.1 Å². The van der Waals surface area contributed by atoms with Crippen molar-refractivity contribution < 1.29 is 5.11 Å². The van der Waals surface area contributed by atoms with Gasteiger partial charge < -0.3 is 10.4 Å². The van der Waals surface area contributed by atoms with Gasteiger partial charge in [-0.3, -0.25) is 0 Å². The van der Waals surface area contributed by atoms with Crippen molar-refractivity contribution in [1.82, 2.24) is 5.32 Å². The van der Waals surface area contributed by atoms with Gasteiger partial charge in [0.2, 0.25) is 0 Å². The molecule has 1 aliphatic rings. The molecule has 1 aromatic rings. The number of nitrogens with one attached hydrogen (secondary N) is 1. The van der Waals surface area contributed by atoms with E-state index in [1.54, 1.807) is 0 Å². The maximum Gasteiger partial charge on any atom is 0.139 e. The second kappa shape index (κ2) is 3.75. The van der Waals surface area contributed by atoms with Crippen molar-refractivity contribution in [3.05, 3.63) is 29.8 Å². The van der Waals surface area contributed by atoms with Crippen LogP contribution in [-0.4, -0.2) is 26.0 Å². The number of rotatable bonds is 1. The standard InChI is InChI=1S/C11H16BNO/c12-10-3-1-9(2-4-10)11(14)5-7-13-8-6-11/h1-4,13-14H,5-8,12H2. The Labute approximate surface area is 85.7 Å². The molecule has 1 fully saturated rings. The Balaban J connectivity index is 2.23. The highest BCUT2D eigenvalue weighted by atomic mass is 16.3. The van der Waals surface area contributed by atoms with Crippen LogP contribution in [0.5, 0.6) is 0 Å². The SMILES string of the molecule is Bc1ccc(C2(O)CCNCC2)cc1. The van der Waals surface area contributed by atoms with Crippen molar-refractivity contribution in [1.29, 1.82) is 0 Å². The van der Waals surface area contributed by atoms with Crippen LogP contribution in [-0.2, 0) is 5.60 Å². The van der Waals surface area contributed by atoms with Crippen LogP contribution < -0.4 is 10.8 Å². The van der Waals surface area contributed by atoms with Crippen LogP contribution in [0.3, 0.4) is 0 Å². The Bertz CT molecular complexity index is 304. The lowest BCUT2D eigenvalue weighted by atomic mass is 9.83. The summed E-state index contributed by atoms with van der Waals surface area (Å²) in [7, 11) is 2.07. The quantitative estimate of drug-likeness (QED) is 0.584. The first kappa shape index (κ1) is 9.75. The van der Waals surface area contributed by atoms with E-state index < -0.39 is 5.60 Å². The van der Waals surface area contributed by atoms with Gasteiger partial charge in [0.05, 0.1) is 5.60 Å². The molecule has 1 heterocycles. The lowest BCUT2D eigenvalue weighted by Gasteiger charge is -2.33. The molecule has 1 aliphatic heterocycles. The highest BCUT2D eigenvalue weighted by Crippen LogP contribution is 2.29. The van der Waals surface area contributed by atoms with E-state index >= 15 is 0 Å². The molecule has 0 amide bonds. The van der Waals surface area contributed by atoms with Gasteiger partial charge >= 0.3 is 0 Å². The molecule has 1 saturated heterocycles. The van der Waals surface area contributed by atoms with Gasteiger partial charge in [0.15, 0.2) is 0 Å². The average molecular weight is 189 g/mol. The molecule has 74 valence electrons. The summed E-state index contributed by atoms with van der Waals surface area (Å²) in [5.74, 6) is 0. The Kier molecular flexibility index (Phi) is 2.61. The predicted molar refractivity (Wildman–Crippen MR) is 60.6 cm³/mol. The van der Waals surface area contributed by atoms with Crippen LogP contribution in [0.2, 0.25) is 0 Å². The first-order valence-corrected chi connectivity index (χ1v) is 5.21. The van der Waals surface area contributed by atoms with Gasteiger partial charge in [-0.15, -0.1) is 0 Å². The molecular formula is C11H16BNO. The molecule has 1 aromatic carbocycles. The zero-order chi connectivity index (χ0) is 10.0. The van der Waals surface area contributed by atoms with Crippen LogP contribution in [0, 0.1) is 0 Å². The zero-order valence-electron chi connectivity index (χ0n) is 8.59. The van der Waals surface area contributed by atoms with E-state index in [9.17, 15) is 5.11 Å². The average Bonchev–Trinajstić information content (AvgIpc) is 2.19. The van der Waals surface area contributed by atoms with Gasteiger partial charge in [0.25, 0.3) is 0 Å². The number of hydrogen-bond acceptors (Lipinski definition) is 2. The van der Waals surface area contributed by atoms with Gasteiger partial charge in [-0.05, 0) is 31.5 Å². The van der Waals surface area contributed by atoms with Crippen molar-refractivity contribution >= 4 is 13.3 Å². The summed E-state index contributed by atoms with van der Waals surface area (Å²) >= 11 is 0. The number of benzene rings is 1. The van der Waals surface area contributed by atoms with E-state index in [4.69, 9.17) is 0 Å². The molecule has 0 aliphatic carbocycles. The highest BCUT2D eigenvalue weighted by molar-refractivity contribution is 6.32. The van der Waals surface area contributed by atoms with Crippen LogP contribution in [0.1, 0.15) is 18.4 Å². The van der Waals surface area contributed by atoms with E-state index in [2.05, 4.69) is 25.3 Å². The van der Waals surface area contributed by atoms with Gasteiger partial charge in [-0.2, -0.15) is 0 Å². The minimum absolute atomic E-state index is 0.598. The fourth-order valence-electron chi connectivity index (χ4n) is 1.99. The highest BCUT2D eigenvalue weighted by Gasteiger charge is 2.30. The first-order valence-electron chi connectivity index (χ1n) is 5.21. The minimum atomic E-state index is -0.598. The molecule has 0 spiro atoms. The second-order valence-electron chi connectivity index (χ2n) is 4.15. The third-order valence-corrected chi connectivity index (χ3v) is 3.02. The number of aliphatic hydroxyl groups is 1. The topological polar surface area (TPSA) is 32.3 Å². The molecule has 2 N–H and O–H groups in total. The molecule has 0 unspecified atom stereocenters. The molecule has 14 heavy (non-hydrogen) atoms. The monoisotopic (exact) mass is 189 g/mol. The zero-order valence-corrected chi connectivity index (χ0v) is 8.59. The normalized spacial score (nSPS) is 20.6. The molecule has 2 nitrogen and oxygen atoms in total. The fraction of sp³-hybridized carbons (Fsp3) is 0.455. The third-order valence-electron chi connectivity index (χ3n) is 3.02. The Morgan fingerprint density at radius 2 is 1.71 bits per heavy atom. The summed E-state index contributed by atoms with van der Waals surface area (Å²) in [6, 6.07) is 8.21. The van der Waals surface area contributed by atoms with Crippen molar-refractivity contribution in [2.75, 3.05) is 13.1 Å². The summed E-state index contributed by atoms with van der Waals surface area (Å²) in [5.41, 5.74) is 1.70. The summed E-state index contributed by atoms with van der Waals surface area (Å²) in [6.07, 6.45) is 1.63. The molecule has 2 rings (SSSR count). The molecular weight excluding hydrogens is 173 g/mol. The lowest BCUT2D eigenvalue weighted by molar-refractivity contribution is 0.00596. The van der Waals surface area contributed by atoms with Gasteiger partial charge in [-0.25, -0.2) is 0 Å². The van der Waals surface area contributed by atoms with Gasteiger partial charge in [0.1, 0.15) is 7.85 Å². The largest absolute Gasteiger partial charge is 0.385 e. The van der Waals surface area contributed by atoms with Crippen LogP contribution in [0.15, 0.2) is 24.3 Å². The van der Waals surface area contributed by atoms with Crippen LogP contribution >= 0.6 is 0 Å². The van der Waals surface area contributed by atoms with E-state index in [1.165, 1.54) is 5.46 Å². The van der Waals surface area contributed by atoms with Crippen molar-refractivity contribution in [3.8, 4) is 0 Å². The van der Waals surface area contributed by atoms with Crippen molar-refractivity contribution in [2.24, 2.45) is 0 Å². The number of hydrogen-bond donors (Lipinski definition) is 2.